The SMILES string of the molecule is COC(=O)/C(Br)=C\c1ccc(OC)cc1. The zero-order valence-corrected chi connectivity index (χ0v) is 10.1. The maximum atomic E-state index is 11.1. The minimum atomic E-state index is -0.397. The first-order valence-electron chi connectivity index (χ1n) is 4.27. The number of esters is 1. The van der Waals surface area contributed by atoms with E-state index in [9.17, 15) is 4.79 Å². The van der Waals surface area contributed by atoms with E-state index in [-0.39, 0.29) is 0 Å². The Balaban J connectivity index is 2.84. The van der Waals surface area contributed by atoms with Gasteiger partial charge in [0.15, 0.2) is 0 Å². The third-order valence-electron chi connectivity index (χ3n) is 1.79. The highest BCUT2D eigenvalue weighted by atomic mass is 79.9. The van der Waals surface area contributed by atoms with Crippen LogP contribution in [-0.4, -0.2) is 20.2 Å². The van der Waals surface area contributed by atoms with Crippen molar-refractivity contribution >= 4 is 28.0 Å². The summed E-state index contributed by atoms with van der Waals surface area (Å²) in [5, 5.41) is 0. The molecule has 1 aromatic carbocycles. The first kappa shape index (κ1) is 11.8. The number of hydrogen-bond donors (Lipinski definition) is 0. The first-order valence-corrected chi connectivity index (χ1v) is 5.06. The highest BCUT2D eigenvalue weighted by Crippen LogP contribution is 2.16. The van der Waals surface area contributed by atoms with Gasteiger partial charge in [0.2, 0.25) is 0 Å². The van der Waals surface area contributed by atoms with Gasteiger partial charge in [0.1, 0.15) is 10.2 Å². The van der Waals surface area contributed by atoms with Crippen LogP contribution in [0.4, 0.5) is 0 Å². The quantitative estimate of drug-likeness (QED) is 0.626. The van der Waals surface area contributed by atoms with Crippen LogP contribution < -0.4 is 4.74 Å². The van der Waals surface area contributed by atoms with E-state index in [0.717, 1.165) is 11.3 Å². The van der Waals surface area contributed by atoms with Crippen molar-refractivity contribution in [1.29, 1.82) is 0 Å². The topological polar surface area (TPSA) is 35.5 Å². The Morgan fingerprint density at radius 1 is 1.27 bits per heavy atom. The molecule has 0 saturated carbocycles. The van der Waals surface area contributed by atoms with Crippen LogP contribution in [0.25, 0.3) is 6.08 Å². The van der Waals surface area contributed by atoms with Crippen molar-refractivity contribution in [3.63, 3.8) is 0 Å². The number of ether oxygens (including phenoxy) is 2. The molecule has 0 aromatic heterocycles. The number of methoxy groups -OCH3 is 2. The number of rotatable bonds is 3. The van der Waals surface area contributed by atoms with E-state index in [4.69, 9.17) is 4.74 Å². The van der Waals surface area contributed by atoms with Gasteiger partial charge in [-0.3, -0.25) is 0 Å². The molecule has 0 heterocycles. The van der Waals surface area contributed by atoms with Crippen LogP contribution in [-0.2, 0) is 9.53 Å². The lowest BCUT2D eigenvalue weighted by Gasteiger charge is -2.00. The van der Waals surface area contributed by atoms with E-state index in [1.165, 1.54) is 7.11 Å². The molecule has 80 valence electrons. The predicted molar refractivity (Wildman–Crippen MR) is 61.9 cm³/mol. The Bertz CT molecular complexity index is 368. The molecule has 1 rings (SSSR count). The van der Waals surface area contributed by atoms with E-state index in [2.05, 4.69) is 20.7 Å². The molecule has 0 spiro atoms. The maximum Gasteiger partial charge on any atom is 0.344 e. The Kier molecular flexibility index (Phi) is 4.37. The molecule has 0 atom stereocenters. The number of carbonyl (C=O) groups excluding carboxylic acids is 1. The van der Waals surface area contributed by atoms with Gasteiger partial charge in [-0.15, -0.1) is 0 Å². The molecule has 0 aliphatic carbocycles. The van der Waals surface area contributed by atoms with Gasteiger partial charge < -0.3 is 9.47 Å². The highest BCUT2D eigenvalue weighted by Gasteiger charge is 2.04. The third kappa shape index (κ3) is 3.40. The summed E-state index contributed by atoms with van der Waals surface area (Å²) in [5.74, 6) is 0.382. The zero-order valence-electron chi connectivity index (χ0n) is 8.49. The smallest absolute Gasteiger partial charge is 0.344 e. The molecule has 0 aliphatic heterocycles. The molecular formula is C11H11BrO3. The summed E-state index contributed by atoms with van der Waals surface area (Å²) in [4.78, 5) is 11.1. The third-order valence-corrected chi connectivity index (χ3v) is 2.34. The number of hydrogen-bond acceptors (Lipinski definition) is 3. The molecular weight excluding hydrogens is 260 g/mol. The van der Waals surface area contributed by atoms with Crippen molar-refractivity contribution in [2.75, 3.05) is 14.2 Å². The van der Waals surface area contributed by atoms with Crippen LogP contribution in [0.5, 0.6) is 5.75 Å². The lowest BCUT2D eigenvalue weighted by molar-refractivity contribution is -0.135. The fraction of sp³-hybridized carbons (Fsp3) is 0.182. The molecule has 0 amide bonds. The minimum Gasteiger partial charge on any atom is -0.497 e. The molecule has 0 radical (unpaired) electrons. The van der Waals surface area contributed by atoms with E-state index in [0.29, 0.717) is 4.48 Å². The fourth-order valence-corrected chi connectivity index (χ4v) is 1.43. The summed E-state index contributed by atoms with van der Waals surface area (Å²) < 4.78 is 9.95. The second kappa shape index (κ2) is 5.56. The second-order valence-corrected chi connectivity index (χ2v) is 3.61. The van der Waals surface area contributed by atoms with E-state index < -0.39 is 5.97 Å². The van der Waals surface area contributed by atoms with Crippen LogP contribution in [0.1, 0.15) is 5.56 Å². The monoisotopic (exact) mass is 270 g/mol. The van der Waals surface area contributed by atoms with Crippen molar-refractivity contribution < 1.29 is 14.3 Å². The van der Waals surface area contributed by atoms with Gasteiger partial charge in [0.25, 0.3) is 0 Å². The van der Waals surface area contributed by atoms with Crippen LogP contribution in [0, 0.1) is 0 Å². The zero-order chi connectivity index (χ0) is 11.3. The van der Waals surface area contributed by atoms with Crippen molar-refractivity contribution in [2.45, 2.75) is 0 Å². The molecule has 0 N–H and O–H groups in total. The average molecular weight is 271 g/mol. The average Bonchev–Trinajstić information content (AvgIpc) is 2.29. The standard InChI is InChI=1S/C11H11BrO3/c1-14-9-5-3-8(4-6-9)7-10(12)11(13)15-2/h3-7H,1-2H3/b10-7+. The highest BCUT2D eigenvalue weighted by molar-refractivity contribution is 9.12. The Hall–Kier alpha value is -1.29. The Morgan fingerprint density at radius 3 is 2.33 bits per heavy atom. The molecule has 0 unspecified atom stereocenters. The molecule has 1 aromatic rings. The van der Waals surface area contributed by atoms with Crippen LogP contribution in [0.3, 0.4) is 0 Å². The summed E-state index contributed by atoms with van der Waals surface area (Å²) in [7, 11) is 2.95. The summed E-state index contributed by atoms with van der Waals surface area (Å²) in [5.41, 5.74) is 0.896. The number of halogens is 1. The first-order chi connectivity index (χ1) is 7.17. The van der Waals surface area contributed by atoms with Crippen molar-refractivity contribution in [1.82, 2.24) is 0 Å². The van der Waals surface area contributed by atoms with Gasteiger partial charge in [-0.05, 0) is 39.7 Å². The van der Waals surface area contributed by atoms with Gasteiger partial charge in [0.05, 0.1) is 14.2 Å². The predicted octanol–water partition coefficient (Wildman–Crippen LogP) is 2.60. The lowest BCUT2D eigenvalue weighted by Crippen LogP contribution is -1.98. The molecule has 0 fully saturated rings. The van der Waals surface area contributed by atoms with E-state index in [1.807, 2.05) is 24.3 Å². The van der Waals surface area contributed by atoms with Crippen molar-refractivity contribution in [3.8, 4) is 5.75 Å². The van der Waals surface area contributed by atoms with Crippen molar-refractivity contribution in [2.24, 2.45) is 0 Å². The molecule has 15 heavy (non-hydrogen) atoms. The Morgan fingerprint density at radius 2 is 1.87 bits per heavy atom. The normalized spacial score (nSPS) is 11.0. The van der Waals surface area contributed by atoms with E-state index in [1.54, 1.807) is 13.2 Å². The van der Waals surface area contributed by atoms with Gasteiger partial charge in [-0.25, -0.2) is 4.79 Å². The maximum absolute atomic E-state index is 11.1. The largest absolute Gasteiger partial charge is 0.497 e. The number of benzene rings is 1. The molecule has 4 heteroatoms. The van der Waals surface area contributed by atoms with Crippen LogP contribution in [0.2, 0.25) is 0 Å². The van der Waals surface area contributed by atoms with Gasteiger partial charge in [-0.1, -0.05) is 12.1 Å². The van der Waals surface area contributed by atoms with Gasteiger partial charge >= 0.3 is 5.97 Å². The summed E-state index contributed by atoms with van der Waals surface area (Å²) in [6, 6.07) is 7.35. The molecule has 0 bridgehead atoms. The van der Waals surface area contributed by atoms with E-state index >= 15 is 0 Å². The van der Waals surface area contributed by atoms with Crippen LogP contribution in [0.15, 0.2) is 28.7 Å². The summed E-state index contributed by atoms with van der Waals surface area (Å²) >= 11 is 3.13. The van der Waals surface area contributed by atoms with Crippen LogP contribution >= 0.6 is 15.9 Å². The summed E-state index contributed by atoms with van der Waals surface area (Å²) in [6.07, 6.45) is 1.69. The van der Waals surface area contributed by atoms with Gasteiger partial charge in [-0.2, -0.15) is 0 Å². The van der Waals surface area contributed by atoms with Crippen molar-refractivity contribution in [3.05, 3.63) is 34.3 Å². The minimum absolute atomic E-state index is 0.384. The molecule has 0 aliphatic rings. The second-order valence-electron chi connectivity index (χ2n) is 2.76. The number of carbonyl (C=O) groups is 1. The van der Waals surface area contributed by atoms with Gasteiger partial charge in [0, 0.05) is 0 Å². The lowest BCUT2D eigenvalue weighted by atomic mass is 10.2. The Labute approximate surface area is 96.8 Å². The summed E-state index contributed by atoms with van der Waals surface area (Å²) in [6.45, 7) is 0. The molecule has 3 nitrogen and oxygen atoms in total. The fourth-order valence-electron chi connectivity index (χ4n) is 1.00. The molecule has 0 saturated heterocycles.